The molecule has 202 valence electrons. The van der Waals surface area contributed by atoms with Gasteiger partial charge in [-0.2, -0.15) is 5.26 Å². The van der Waals surface area contributed by atoms with Gasteiger partial charge >= 0.3 is 0 Å². The average molecular weight is 523 g/mol. The lowest BCUT2D eigenvalue weighted by Crippen LogP contribution is -2.49. The molecular weight excluding hydrogens is 484 g/mol. The summed E-state index contributed by atoms with van der Waals surface area (Å²) in [5, 5.41) is 21.8. The van der Waals surface area contributed by atoms with E-state index in [9.17, 15) is 5.26 Å². The first-order valence-electron chi connectivity index (χ1n) is 13.7. The Bertz CT molecular complexity index is 1450. The van der Waals surface area contributed by atoms with Crippen LogP contribution >= 0.6 is 0 Å². The van der Waals surface area contributed by atoms with Crippen LogP contribution in [0.2, 0.25) is 0 Å². The molecule has 1 unspecified atom stereocenters. The minimum absolute atomic E-state index is 0.121. The molecule has 8 nitrogen and oxygen atoms in total. The van der Waals surface area contributed by atoms with Crippen molar-refractivity contribution >= 4 is 28.4 Å². The summed E-state index contributed by atoms with van der Waals surface area (Å²) in [5.41, 5.74) is 4.11. The second-order valence-corrected chi connectivity index (χ2v) is 11.9. The number of allylic oxidation sites excluding steroid dienone is 4. The van der Waals surface area contributed by atoms with Crippen LogP contribution in [-0.2, 0) is 0 Å². The summed E-state index contributed by atoms with van der Waals surface area (Å²) in [5.74, 6) is 1.28. The number of aryl methyl sites for hydroxylation is 1. The third-order valence-corrected chi connectivity index (χ3v) is 7.33. The minimum atomic E-state index is -0.758. The first-order chi connectivity index (χ1) is 18.6. The number of nitrogens with zero attached hydrogens (tertiary/aromatic N) is 5. The van der Waals surface area contributed by atoms with Crippen LogP contribution in [0.5, 0.6) is 0 Å². The number of rotatable bonds is 6. The van der Waals surface area contributed by atoms with E-state index in [-0.39, 0.29) is 5.54 Å². The van der Waals surface area contributed by atoms with Gasteiger partial charge in [0.2, 0.25) is 5.95 Å². The zero-order valence-electron chi connectivity index (χ0n) is 23.5. The van der Waals surface area contributed by atoms with E-state index in [1.807, 2.05) is 38.1 Å². The molecule has 0 radical (unpaired) electrons. The Balaban J connectivity index is 1.39. The molecule has 1 aliphatic heterocycles. The Labute approximate surface area is 231 Å². The lowest BCUT2D eigenvalue weighted by Gasteiger charge is -2.37. The number of hydrogen-bond donors (Lipinski definition) is 3. The Morgan fingerprint density at radius 2 is 1.82 bits per heavy atom. The predicted octanol–water partition coefficient (Wildman–Crippen LogP) is 5.92. The largest absolute Gasteiger partial charge is 0.371 e. The van der Waals surface area contributed by atoms with E-state index >= 15 is 0 Å². The van der Waals surface area contributed by atoms with Gasteiger partial charge in [0, 0.05) is 71.5 Å². The van der Waals surface area contributed by atoms with Crippen molar-refractivity contribution in [1.82, 2.24) is 20.3 Å². The first kappa shape index (κ1) is 26.6. The maximum atomic E-state index is 10.1. The monoisotopic (exact) mass is 522 g/mol. The maximum Gasteiger partial charge on any atom is 0.227 e. The van der Waals surface area contributed by atoms with E-state index < -0.39 is 5.41 Å². The number of benzene rings is 1. The number of para-hydroxylation sites is 1. The van der Waals surface area contributed by atoms with Gasteiger partial charge in [-0.1, -0.05) is 18.2 Å². The Hall–Kier alpha value is -3.96. The molecule has 1 atom stereocenters. The summed E-state index contributed by atoms with van der Waals surface area (Å²) in [6.07, 6.45) is 8.39. The van der Waals surface area contributed by atoms with Crippen molar-refractivity contribution in [2.24, 2.45) is 5.41 Å². The van der Waals surface area contributed by atoms with Crippen LogP contribution in [0.4, 0.5) is 17.5 Å². The fourth-order valence-corrected chi connectivity index (χ4v) is 5.42. The number of hydrogen-bond acceptors (Lipinski definition) is 8. The van der Waals surface area contributed by atoms with Crippen LogP contribution < -0.4 is 20.9 Å². The fourth-order valence-electron chi connectivity index (χ4n) is 5.42. The van der Waals surface area contributed by atoms with Crippen molar-refractivity contribution in [3.8, 4) is 6.07 Å². The van der Waals surface area contributed by atoms with E-state index in [4.69, 9.17) is 4.98 Å². The average Bonchev–Trinajstić information content (AvgIpc) is 2.89. The molecule has 3 N–H and O–H groups in total. The normalized spacial score (nSPS) is 20.3. The van der Waals surface area contributed by atoms with Gasteiger partial charge in [-0.15, -0.1) is 0 Å². The molecule has 0 amide bonds. The topological polar surface area (TPSA) is 102 Å². The van der Waals surface area contributed by atoms with E-state index in [1.165, 1.54) is 5.69 Å². The highest BCUT2D eigenvalue weighted by Crippen LogP contribution is 2.38. The molecule has 1 fully saturated rings. The summed E-state index contributed by atoms with van der Waals surface area (Å²) >= 11 is 0. The van der Waals surface area contributed by atoms with E-state index in [0.29, 0.717) is 18.4 Å². The third-order valence-electron chi connectivity index (χ3n) is 7.33. The maximum absolute atomic E-state index is 10.1. The summed E-state index contributed by atoms with van der Waals surface area (Å²) in [6.45, 7) is 12.5. The quantitative estimate of drug-likeness (QED) is 0.367. The zero-order chi connectivity index (χ0) is 27.6. The van der Waals surface area contributed by atoms with E-state index in [1.54, 1.807) is 6.20 Å². The Morgan fingerprint density at radius 3 is 2.54 bits per heavy atom. The second kappa shape index (κ2) is 10.7. The molecule has 5 rings (SSSR count). The lowest BCUT2D eigenvalue weighted by atomic mass is 9.80. The Kier molecular flexibility index (Phi) is 7.28. The van der Waals surface area contributed by atoms with Crippen molar-refractivity contribution in [2.45, 2.75) is 65.5 Å². The number of anilines is 3. The summed E-state index contributed by atoms with van der Waals surface area (Å²) in [4.78, 5) is 16.1. The first-order valence-corrected chi connectivity index (χ1v) is 13.7. The van der Waals surface area contributed by atoms with Crippen molar-refractivity contribution in [2.75, 3.05) is 28.6 Å². The van der Waals surface area contributed by atoms with Gasteiger partial charge in [0.15, 0.2) is 0 Å². The molecule has 39 heavy (non-hydrogen) atoms. The molecule has 0 bridgehead atoms. The Morgan fingerprint density at radius 1 is 1.05 bits per heavy atom. The smallest absolute Gasteiger partial charge is 0.227 e. The predicted molar refractivity (Wildman–Crippen MR) is 158 cm³/mol. The standard InChI is InChI=1S/C31H38N8/c1-21-12-15-33-29(34-21)37-27-11-10-23(19-31(27,5)20-32)35-28-18-26(24-8-6-7-9-25(24)36-28)39-16-13-22(14-17-39)38-30(2,3)4/h6-12,15,18,22,38H,13-14,16-17,19H2,1-5H3,(H,35,36)(H,33,34,37). The summed E-state index contributed by atoms with van der Waals surface area (Å²) in [6, 6.07) is 15.4. The second-order valence-electron chi connectivity index (χ2n) is 11.9. The molecule has 3 heterocycles. The van der Waals surface area contributed by atoms with Crippen LogP contribution in [-0.4, -0.2) is 39.6 Å². The van der Waals surface area contributed by atoms with Crippen molar-refractivity contribution in [1.29, 1.82) is 5.26 Å². The molecule has 1 saturated heterocycles. The number of nitrogens with one attached hydrogen (secondary N) is 3. The van der Waals surface area contributed by atoms with E-state index in [0.717, 1.165) is 59.7 Å². The molecule has 0 spiro atoms. The van der Waals surface area contributed by atoms with Gasteiger partial charge in [-0.3, -0.25) is 0 Å². The fraction of sp³-hybridized carbons (Fsp3) is 0.419. The van der Waals surface area contributed by atoms with Crippen LogP contribution in [0.25, 0.3) is 10.9 Å². The number of piperidine rings is 1. The third kappa shape index (κ3) is 6.21. The minimum Gasteiger partial charge on any atom is -0.371 e. The van der Waals surface area contributed by atoms with Crippen LogP contribution in [0.1, 0.15) is 52.7 Å². The zero-order valence-corrected chi connectivity index (χ0v) is 23.5. The van der Waals surface area contributed by atoms with E-state index in [2.05, 4.69) is 81.9 Å². The van der Waals surface area contributed by atoms with Gasteiger partial charge in [0.1, 0.15) is 5.82 Å². The summed E-state index contributed by atoms with van der Waals surface area (Å²) < 4.78 is 0. The molecule has 8 heteroatoms. The molecule has 1 aromatic carbocycles. The number of fused-ring (bicyclic) bond motifs is 1. The molecule has 2 aliphatic rings. The lowest BCUT2D eigenvalue weighted by molar-refractivity contribution is 0.317. The van der Waals surface area contributed by atoms with Gasteiger partial charge in [-0.05, 0) is 71.7 Å². The van der Waals surface area contributed by atoms with Crippen molar-refractivity contribution < 1.29 is 0 Å². The number of pyridine rings is 1. The van der Waals surface area contributed by atoms with Gasteiger partial charge in [0.25, 0.3) is 0 Å². The highest BCUT2D eigenvalue weighted by molar-refractivity contribution is 5.93. The highest BCUT2D eigenvalue weighted by atomic mass is 15.2. The number of aromatic nitrogens is 3. The summed E-state index contributed by atoms with van der Waals surface area (Å²) in [7, 11) is 0. The molecule has 3 aromatic rings. The molecule has 2 aromatic heterocycles. The van der Waals surface area contributed by atoms with Crippen molar-refractivity contribution in [3.05, 3.63) is 71.8 Å². The molecular formula is C31H38N8. The van der Waals surface area contributed by atoms with Gasteiger partial charge in [-0.25, -0.2) is 15.0 Å². The van der Waals surface area contributed by atoms with Crippen LogP contribution in [0, 0.1) is 23.7 Å². The van der Waals surface area contributed by atoms with Crippen LogP contribution in [0.15, 0.2) is 66.1 Å². The number of nitriles is 1. The molecule has 1 aliphatic carbocycles. The van der Waals surface area contributed by atoms with Gasteiger partial charge in [0.05, 0.1) is 17.0 Å². The highest BCUT2D eigenvalue weighted by Gasteiger charge is 2.33. The van der Waals surface area contributed by atoms with Gasteiger partial charge < -0.3 is 20.9 Å². The van der Waals surface area contributed by atoms with Crippen molar-refractivity contribution in [3.63, 3.8) is 0 Å². The SMILES string of the molecule is Cc1ccnc(NC2=CC=C(Nc3cc(N4CCC(NC(C)(C)C)CC4)c4ccccc4n3)CC2(C)C#N)n1. The van der Waals surface area contributed by atoms with Crippen LogP contribution in [0.3, 0.4) is 0 Å². The molecule has 0 saturated carbocycles.